The van der Waals surface area contributed by atoms with Gasteiger partial charge in [0.2, 0.25) is 0 Å². The van der Waals surface area contributed by atoms with Crippen molar-refractivity contribution in [2.45, 2.75) is 0 Å². The monoisotopic (exact) mass is 365 g/mol. The van der Waals surface area contributed by atoms with Crippen LogP contribution in [0, 0.1) is 0 Å². The number of nitrogens with zero attached hydrogens (tertiary/aromatic N) is 4. The number of ether oxygens (including phenoxy) is 1. The zero-order chi connectivity index (χ0) is 16.8. The van der Waals surface area contributed by atoms with Crippen molar-refractivity contribution in [3.8, 4) is 5.75 Å². The van der Waals surface area contributed by atoms with Crippen LogP contribution in [0.4, 0.5) is 5.13 Å². The van der Waals surface area contributed by atoms with Gasteiger partial charge in [0.25, 0.3) is 0 Å². The van der Waals surface area contributed by atoms with Gasteiger partial charge in [-0.05, 0) is 24.3 Å². The Labute approximate surface area is 150 Å². The molecule has 8 heteroatoms. The highest BCUT2D eigenvalue weighted by Gasteiger charge is 2.19. The van der Waals surface area contributed by atoms with E-state index >= 15 is 0 Å². The van der Waals surface area contributed by atoms with E-state index in [-0.39, 0.29) is 0 Å². The summed E-state index contributed by atoms with van der Waals surface area (Å²) in [7, 11) is 0. The maximum Gasteiger partial charge on any atom is 0.191 e. The number of guanidine groups is 1. The smallest absolute Gasteiger partial charge is 0.191 e. The number of nitrogens with two attached hydrogens (primary N) is 1. The first-order valence-electron chi connectivity index (χ1n) is 7.80. The van der Waals surface area contributed by atoms with Gasteiger partial charge in [-0.2, -0.15) is 0 Å². The second-order valence-corrected chi connectivity index (χ2v) is 6.64. The van der Waals surface area contributed by atoms with Gasteiger partial charge in [0.1, 0.15) is 12.4 Å². The molecular weight excluding hydrogens is 346 g/mol. The van der Waals surface area contributed by atoms with Gasteiger partial charge in [-0.15, -0.1) is 11.3 Å². The van der Waals surface area contributed by atoms with Gasteiger partial charge < -0.3 is 20.3 Å². The van der Waals surface area contributed by atoms with Crippen molar-refractivity contribution in [3.63, 3.8) is 0 Å². The fraction of sp³-hybridized carbons (Fsp3) is 0.375. The van der Waals surface area contributed by atoms with E-state index in [0.29, 0.717) is 24.1 Å². The molecule has 0 spiro atoms. The molecule has 0 atom stereocenters. The molecule has 24 heavy (non-hydrogen) atoms. The summed E-state index contributed by atoms with van der Waals surface area (Å²) in [6.45, 7) is 4.54. The van der Waals surface area contributed by atoms with Gasteiger partial charge in [0.15, 0.2) is 11.1 Å². The fourth-order valence-electron chi connectivity index (χ4n) is 2.45. The summed E-state index contributed by atoms with van der Waals surface area (Å²) in [5.41, 5.74) is 6.08. The van der Waals surface area contributed by atoms with Crippen LogP contribution < -0.4 is 15.4 Å². The second-order valence-electron chi connectivity index (χ2n) is 5.33. The summed E-state index contributed by atoms with van der Waals surface area (Å²) in [6, 6.07) is 7.29. The third kappa shape index (κ3) is 4.52. The van der Waals surface area contributed by atoms with Gasteiger partial charge in [-0.1, -0.05) is 11.6 Å². The maximum atomic E-state index is 6.08. The van der Waals surface area contributed by atoms with Crippen LogP contribution in [0.2, 0.25) is 5.02 Å². The minimum absolute atomic E-state index is 0.488. The molecular formula is C16H20ClN5OS. The van der Waals surface area contributed by atoms with Crippen LogP contribution >= 0.6 is 22.9 Å². The summed E-state index contributed by atoms with van der Waals surface area (Å²) in [5.74, 6) is 1.36. The molecule has 1 aromatic carbocycles. The number of piperazine rings is 1. The fourth-order valence-corrected chi connectivity index (χ4v) is 3.28. The zero-order valence-corrected chi connectivity index (χ0v) is 14.8. The molecule has 3 rings (SSSR count). The average Bonchev–Trinajstić information content (AvgIpc) is 3.15. The lowest BCUT2D eigenvalue weighted by atomic mass is 10.3. The molecule has 2 aromatic rings. The predicted molar refractivity (Wildman–Crippen MR) is 99.3 cm³/mol. The van der Waals surface area contributed by atoms with Crippen molar-refractivity contribution in [2.24, 2.45) is 10.7 Å². The number of aromatic nitrogens is 1. The summed E-state index contributed by atoms with van der Waals surface area (Å²) in [4.78, 5) is 13.1. The Morgan fingerprint density at radius 2 is 2.00 bits per heavy atom. The molecule has 2 heterocycles. The SMILES string of the molecule is NC(=NCCOc1ccc(Cl)cc1)N1CCN(c2nccs2)CC1. The standard InChI is InChI=1S/C16H20ClN5OS/c17-13-1-3-14(4-2-13)23-11-5-19-15(18)21-7-9-22(10-8-21)16-20-6-12-24-16/h1-4,6,12H,5,7-11H2,(H2,18,19). The summed E-state index contributed by atoms with van der Waals surface area (Å²) in [6.07, 6.45) is 1.84. The molecule has 1 aromatic heterocycles. The van der Waals surface area contributed by atoms with Gasteiger partial charge >= 0.3 is 0 Å². The van der Waals surface area contributed by atoms with Crippen molar-refractivity contribution in [1.82, 2.24) is 9.88 Å². The Bertz CT molecular complexity index is 654. The first-order valence-corrected chi connectivity index (χ1v) is 9.06. The highest BCUT2D eigenvalue weighted by molar-refractivity contribution is 7.13. The molecule has 0 aliphatic carbocycles. The maximum absolute atomic E-state index is 6.08. The van der Waals surface area contributed by atoms with Crippen LogP contribution in [0.3, 0.4) is 0 Å². The molecule has 1 aliphatic rings. The summed E-state index contributed by atoms with van der Waals surface area (Å²) < 4.78 is 5.61. The third-order valence-electron chi connectivity index (χ3n) is 3.74. The Hall–Kier alpha value is -1.99. The summed E-state index contributed by atoms with van der Waals surface area (Å²) in [5, 5.41) is 3.76. The molecule has 1 aliphatic heterocycles. The molecule has 6 nitrogen and oxygen atoms in total. The lowest BCUT2D eigenvalue weighted by Crippen LogP contribution is -2.51. The molecule has 2 N–H and O–H groups in total. The molecule has 0 amide bonds. The van der Waals surface area contributed by atoms with Crippen molar-refractivity contribution < 1.29 is 4.74 Å². The lowest BCUT2D eigenvalue weighted by Gasteiger charge is -2.35. The van der Waals surface area contributed by atoms with E-state index in [1.807, 2.05) is 23.7 Å². The van der Waals surface area contributed by atoms with Crippen LogP contribution in [0.5, 0.6) is 5.75 Å². The minimum atomic E-state index is 0.488. The van der Waals surface area contributed by atoms with Crippen LogP contribution in [0.1, 0.15) is 0 Å². The number of anilines is 1. The van der Waals surface area contributed by atoms with Crippen molar-refractivity contribution in [1.29, 1.82) is 0 Å². The van der Waals surface area contributed by atoms with Gasteiger partial charge in [0, 0.05) is 42.8 Å². The number of thiazole rings is 1. The van der Waals surface area contributed by atoms with E-state index < -0.39 is 0 Å². The molecule has 0 bridgehead atoms. The van der Waals surface area contributed by atoms with Gasteiger partial charge in [0.05, 0.1) is 6.54 Å². The first kappa shape index (κ1) is 16.9. The first-order chi connectivity index (χ1) is 11.7. The minimum Gasteiger partial charge on any atom is -0.492 e. The topological polar surface area (TPSA) is 67.0 Å². The molecule has 1 saturated heterocycles. The summed E-state index contributed by atoms with van der Waals surface area (Å²) >= 11 is 7.50. The van der Waals surface area contributed by atoms with Crippen LogP contribution in [0.25, 0.3) is 0 Å². The number of rotatable bonds is 5. The Balaban J connectivity index is 1.40. The normalized spacial score (nSPS) is 15.6. The molecule has 1 fully saturated rings. The Morgan fingerprint density at radius 3 is 2.67 bits per heavy atom. The Kier molecular flexibility index (Phi) is 5.77. The van der Waals surface area contributed by atoms with E-state index in [9.17, 15) is 0 Å². The molecule has 128 valence electrons. The van der Waals surface area contributed by atoms with Crippen molar-refractivity contribution in [2.75, 3.05) is 44.2 Å². The Morgan fingerprint density at radius 1 is 1.25 bits per heavy atom. The highest BCUT2D eigenvalue weighted by atomic mass is 35.5. The van der Waals surface area contributed by atoms with E-state index in [0.717, 1.165) is 37.1 Å². The number of hydrogen-bond acceptors (Lipinski definition) is 5. The second kappa shape index (κ2) is 8.21. The highest BCUT2D eigenvalue weighted by Crippen LogP contribution is 2.18. The number of halogens is 1. The van der Waals surface area contributed by atoms with Crippen molar-refractivity contribution in [3.05, 3.63) is 40.9 Å². The lowest BCUT2D eigenvalue weighted by molar-refractivity contribution is 0.326. The predicted octanol–water partition coefficient (Wildman–Crippen LogP) is 2.31. The number of aliphatic imine (C=N–C) groups is 1. The molecule has 0 radical (unpaired) electrons. The number of benzene rings is 1. The quantitative estimate of drug-likeness (QED) is 0.500. The molecule has 0 unspecified atom stereocenters. The van der Waals surface area contributed by atoms with E-state index in [4.69, 9.17) is 22.1 Å². The molecule has 0 saturated carbocycles. The van der Waals surface area contributed by atoms with Crippen LogP contribution in [0.15, 0.2) is 40.8 Å². The third-order valence-corrected chi connectivity index (χ3v) is 4.83. The van der Waals surface area contributed by atoms with E-state index in [1.165, 1.54) is 0 Å². The largest absolute Gasteiger partial charge is 0.492 e. The zero-order valence-electron chi connectivity index (χ0n) is 13.3. The van der Waals surface area contributed by atoms with Gasteiger partial charge in [-0.3, -0.25) is 0 Å². The van der Waals surface area contributed by atoms with Gasteiger partial charge in [-0.25, -0.2) is 9.98 Å². The van der Waals surface area contributed by atoms with Crippen molar-refractivity contribution >= 4 is 34.0 Å². The van der Waals surface area contributed by atoms with E-state index in [1.54, 1.807) is 23.5 Å². The average molecular weight is 366 g/mol. The van der Waals surface area contributed by atoms with E-state index in [2.05, 4.69) is 19.8 Å². The van der Waals surface area contributed by atoms with Crippen LogP contribution in [-0.4, -0.2) is 55.2 Å². The van der Waals surface area contributed by atoms with Crippen LogP contribution in [-0.2, 0) is 0 Å². The number of hydrogen-bond donors (Lipinski definition) is 1.